The molecule has 0 radical (unpaired) electrons. The van der Waals surface area contributed by atoms with Gasteiger partial charge in [0.05, 0.1) is 6.61 Å². The van der Waals surface area contributed by atoms with E-state index in [2.05, 4.69) is 29.1 Å². The quantitative estimate of drug-likeness (QED) is 0.689. The van der Waals surface area contributed by atoms with Gasteiger partial charge in [0.2, 0.25) is 5.88 Å². The number of methoxy groups -OCH3 is 1. The highest BCUT2D eigenvalue weighted by atomic mass is 16.5. The van der Waals surface area contributed by atoms with Crippen molar-refractivity contribution in [1.82, 2.24) is 9.97 Å². The Morgan fingerprint density at radius 2 is 2.05 bits per heavy atom. The average Bonchev–Trinajstić information content (AvgIpc) is 2.38. The molecule has 1 aromatic heterocycles. The molecule has 0 aliphatic heterocycles. The van der Waals surface area contributed by atoms with Crippen LogP contribution in [0.25, 0.3) is 0 Å². The zero-order chi connectivity index (χ0) is 14.1. The third-order valence-corrected chi connectivity index (χ3v) is 2.21. The summed E-state index contributed by atoms with van der Waals surface area (Å²) >= 11 is 0. The highest BCUT2D eigenvalue weighted by molar-refractivity contribution is 5.37. The number of hydrogen-bond donors (Lipinski definition) is 1. The van der Waals surface area contributed by atoms with Crippen LogP contribution in [0.15, 0.2) is 6.07 Å². The monoisotopic (exact) mass is 269 g/mol. The summed E-state index contributed by atoms with van der Waals surface area (Å²) in [7, 11) is 3.41. The van der Waals surface area contributed by atoms with Gasteiger partial charge in [-0.1, -0.05) is 13.8 Å². The van der Waals surface area contributed by atoms with E-state index in [0.717, 1.165) is 6.61 Å². The van der Waals surface area contributed by atoms with E-state index >= 15 is 0 Å². The molecule has 19 heavy (non-hydrogen) atoms. The first kappa shape index (κ1) is 15.7. The number of nitrogens with one attached hydrogen (secondary N) is 1. The van der Waals surface area contributed by atoms with Gasteiger partial charge in [0, 0.05) is 26.8 Å². The van der Waals surface area contributed by atoms with Crippen LogP contribution in [-0.4, -0.2) is 43.9 Å². The van der Waals surface area contributed by atoms with Crippen LogP contribution in [0.3, 0.4) is 0 Å². The van der Waals surface area contributed by atoms with Crippen LogP contribution >= 0.6 is 0 Å². The largest absolute Gasteiger partial charge is 0.475 e. The number of nitrogens with zero attached hydrogens (tertiary/aromatic N) is 2. The zero-order valence-corrected chi connectivity index (χ0v) is 12.1. The van der Waals surface area contributed by atoms with Crippen LogP contribution in [0.2, 0.25) is 0 Å². The van der Waals surface area contributed by atoms with E-state index < -0.39 is 0 Å². The molecule has 1 aromatic rings. The fourth-order valence-corrected chi connectivity index (χ4v) is 1.39. The Morgan fingerprint density at radius 3 is 2.68 bits per heavy atom. The molecule has 1 rings (SSSR count). The Kier molecular flexibility index (Phi) is 7.14. The topological polar surface area (TPSA) is 65.5 Å². The second-order valence-corrected chi connectivity index (χ2v) is 4.51. The molecule has 1 N–H and O–H groups in total. The lowest BCUT2D eigenvalue weighted by Gasteiger charge is -2.10. The zero-order valence-electron chi connectivity index (χ0n) is 12.1. The standard InChI is InChI=1S/C13H23N3O3/c1-10(2)8-18-5-6-19-13-7-11(14-3)15-12(16-13)9-17-4/h7,10H,5-6,8-9H2,1-4H3,(H,14,15,16). The lowest BCUT2D eigenvalue weighted by atomic mass is 10.2. The van der Waals surface area contributed by atoms with Crippen molar-refractivity contribution in [2.24, 2.45) is 5.92 Å². The van der Waals surface area contributed by atoms with Gasteiger partial charge in [-0.25, -0.2) is 4.98 Å². The Balaban J connectivity index is 2.45. The molecule has 1 heterocycles. The number of aromatic nitrogens is 2. The Morgan fingerprint density at radius 1 is 1.26 bits per heavy atom. The number of anilines is 1. The van der Waals surface area contributed by atoms with E-state index in [1.165, 1.54) is 0 Å². The molecule has 0 aromatic carbocycles. The predicted molar refractivity (Wildman–Crippen MR) is 73.4 cm³/mol. The first-order valence-electron chi connectivity index (χ1n) is 6.41. The van der Waals surface area contributed by atoms with Gasteiger partial charge >= 0.3 is 0 Å². The number of ether oxygens (including phenoxy) is 3. The van der Waals surface area contributed by atoms with Crippen molar-refractivity contribution >= 4 is 5.82 Å². The van der Waals surface area contributed by atoms with Crippen LogP contribution in [0.4, 0.5) is 5.82 Å². The molecule has 0 bridgehead atoms. The molecule has 0 aliphatic rings. The minimum atomic E-state index is 0.357. The second kappa shape index (κ2) is 8.66. The van der Waals surface area contributed by atoms with Crippen molar-refractivity contribution < 1.29 is 14.2 Å². The highest BCUT2D eigenvalue weighted by Crippen LogP contribution is 2.13. The lowest BCUT2D eigenvalue weighted by Crippen LogP contribution is -2.12. The van der Waals surface area contributed by atoms with Crippen molar-refractivity contribution in [2.75, 3.05) is 39.3 Å². The molecular formula is C13H23N3O3. The SMILES string of the molecule is CNc1cc(OCCOCC(C)C)nc(COC)n1. The van der Waals surface area contributed by atoms with Gasteiger partial charge in [0.15, 0.2) is 5.82 Å². The third-order valence-electron chi connectivity index (χ3n) is 2.21. The summed E-state index contributed by atoms with van der Waals surface area (Å²) in [6, 6.07) is 1.75. The fraction of sp³-hybridized carbons (Fsp3) is 0.692. The van der Waals surface area contributed by atoms with Crippen molar-refractivity contribution in [1.29, 1.82) is 0 Å². The maximum absolute atomic E-state index is 5.55. The summed E-state index contributed by atoms with van der Waals surface area (Å²) in [6.45, 7) is 6.35. The van der Waals surface area contributed by atoms with Crippen LogP contribution in [0.1, 0.15) is 19.7 Å². The molecule has 6 nitrogen and oxygen atoms in total. The van der Waals surface area contributed by atoms with E-state index in [4.69, 9.17) is 14.2 Å². The second-order valence-electron chi connectivity index (χ2n) is 4.51. The number of rotatable bonds is 9. The molecule has 0 saturated heterocycles. The van der Waals surface area contributed by atoms with Gasteiger partial charge in [-0.3, -0.25) is 0 Å². The smallest absolute Gasteiger partial charge is 0.218 e. The molecule has 6 heteroatoms. The fourth-order valence-electron chi connectivity index (χ4n) is 1.39. The van der Waals surface area contributed by atoms with Crippen LogP contribution in [-0.2, 0) is 16.1 Å². The van der Waals surface area contributed by atoms with E-state index in [-0.39, 0.29) is 0 Å². The molecule has 108 valence electrons. The van der Waals surface area contributed by atoms with Gasteiger partial charge < -0.3 is 19.5 Å². The van der Waals surface area contributed by atoms with E-state index in [0.29, 0.717) is 43.3 Å². The van der Waals surface area contributed by atoms with E-state index in [1.54, 1.807) is 20.2 Å². The maximum Gasteiger partial charge on any atom is 0.218 e. The third kappa shape index (κ3) is 6.35. The van der Waals surface area contributed by atoms with E-state index in [9.17, 15) is 0 Å². The molecule has 0 amide bonds. The van der Waals surface area contributed by atoms with Crippen LogP contribution in [0.5, 0.6) is 5.88 Å². The molecular weight excluding hydrogens is 246 g/mol. The van der Waals surface area contributed by atoms with Gasteiger partial charge in [-0.15, -0.1) is 0 Å². The molecule has 0 fully saturated rings. The Labute approximate surface area is 114 Å². The molecule has 0 saturated carbocycles. The van der Waals surface area contributed by atoms with Crippen molar-refractivity contribution in [3.8, 4) is 5.88 Å². The van der Waals surface area contributed by atoms with Gasteiger partial charge in [-0.05, 0) is 5.92 Å². The molecule has 0 spiro atoms. The van der Waals surface area contributed by atoms with Crippen molar-refractivity contribution in [3.63, 3.8) is 0 Å². The van der Waals surface area contributed by atoms with Crippen LogP contribution < -0.4 is 10.1 Å². The number of hydrogen-bond acceptors (Lipinski definition) is 6. The summed E-state index contributed by atoms with van der Waals surface area (Å²) in [5, 5.41) is 2.96. The van der Waals surface area contributed by atoms with Crippen molar-refractivity contribution in [2.45, 2.75) is 20.5 Å². The summed E-state index contributed by atoms with van der Waals surface area (Å²) in [6.07, 6.45) is 0. The first-order valence-corrected chi connectivity index (χ1v) is 6.41. The first-order chi connectivity index (χ1) is 9.15. The Hall–Kier alpha value is -1.40. The molecule has 0 atom stereocenters. The van der Waals surface area contributed by atoms with Crippen molar-refractivity contribution in [3.05, 3.63) is 11.9 Å². The van der Waals surface area contributed by atoms with Gasteiger partial charge in [-0.2, -0.15) is 4.98 Å². The maximum atomic E-state index is 5.55. The molecule has 0 aliphatic carbocycles. The summed E-state index contributed by atoms with van der Waals surface area (Å²) in [4.78, 5) is 8.50. The summed E-state index contributed by atoms with van der Waals surface area (Å²) in [5.41, 5.74) is 0. The highest BCUT2D eigenvalue weighted by Gasteiger charge is 2.05. The summed E-state index contributed by atoms with van der Waals surface area (Å²) in [5.74, 6) is 2.36. The van der Waals surface area contributed by atoms with E-state index in [1.807, 2.05) is 0 Å². The Bertz CT molecular complexity index is 372. The predicted octanol–water partition coefficient (Wildman–Crippen LogP) is 1.72. The normalized spacial score (nSPS) is 10.8. The van der Waals surface area contributed by atoms with Gasteiger partial charge in [0.25, 0.3) is 0 Å². The average molecular weight is 269 g/mol. The molecule has 0 unspecified atom stereocenters. The minimum Gasteiger partial charge on any atom is -0.475 e. The minimum absolute atomic E-state index is 0.357. The lowest BCUT2D eigenvalue weighted by molar-refractivity contribution is 0.0803. The van der Waals surface area contributed by atoms with Crippen LogP contribution in [0, 0.1) is 5.92 Å². The van der Waals surface area contributed by atoms with Gasteiger partial charge in [0.1, 0.15) is 19.0 Å². The summed E-state index contributed by atoms with van der Waals surface area (Å²) < 4.78 is 16.0.